The summed E-state index contributed by atoms with van der Waals surface area (Å²) < 4.78 is 0. The van der Waals surface area contributed by atoms with Crippen LogP contribution < -0.4 is 11.1 Å². The summed E-state index contributed by atoms with van der Waals surface area (Å²) in [6.07, 6.45) is 0.430. The number of carbonyl (C=O) groups excluding carboxylic acids is 1. The van der Waals surface area contributed by atoms with E-state index in [9.17, 15) is 19.5 Å². The van der Waals surface area contributed by atoms with E-state index in [-0.39, 0.29) is 17.0 Å². The number of carboxylic acids is 2. The van der Waals surface area contributed by atoms with Crippen LogP contribution in [0.1, 0.15) is 43.1 Å². The predicted octanol–water partition coefficient (Wildman–Crippen LogP) is 1.17. The number of aliphatic carboxylic acids is 1. The molecule has 7 heteroatoms. The minimum absolute atomic E-state index is 0.0318. The second-order valence-electron chi connectivity index (χ2n) is 6.04. The molecule has 1 aromatic rings. The van der Waals surface area contributed by atoms with Gasteiger partial charge in [-0.15, -0.1) is 0 Å². The Bertz CT molecular complexity index is 597. The maximum Gasteiger partial charge on any atom is 0.335 e. The largest absolute Gasteiger partial charge is 0.479 e. The van der Waals surface area contributed by atoms with Gasteiger partial charge in [-0.2, -0.15) is 0 Å². The van der Waals surface area contributed by atoms with Crippen molar-refractivity contribution in [1.29, 1.82) is 0 Å². The van der Waals surface area contributed by atoms with E-state index < -0.39 is 29.4 Å². The van der Waals surface area contributed by atoms with Crippen molar-refractivity contribution < 1.29 is 24.6 Å². The van der Waals surface area contributed by atoms with Gasteiger partial charge < -0.3 is 21.3 Å². The molecule has 1 aromatic carbocycles. The van der Waals surface area contributed by atoms with Gasteiger partial charge in [0, 0.05) is 0 Å². The maximum absolute atomic E-state index is 12.2. The Hall–Kier alpha value is -2.41. The van der Waals surface area contributed by atoms with E-state index in [1.165, 1.54) is 31.2 Å². The van der Waals surface area contributed by atoms with Crippen molar-refractivity contribution in [1.82, 2.24) is 5.32 Å². The average Bonchev–Trinajstić information content (AvgIpc) is 2.46. The zero-order valence-electron chi connectivity index (χ0n) is 13.4. The molecule has 0 bridgehead atoms. The van der Waals surface area contributed by atoms with Gasteiger partial charge in [0.05, 0.1) is 11.6 Å². The molecule has 7 nitrogen and oxygen atoms in total. The molecule has 5 N–H and O–H groups in total. The Morgan fingerprint density at radius 2 is 1.70 bits per heavy atom. The molecule has 1 rings (SSSR count). The molecule has 0 radical (unpaired) electrons. The minimum Gasteiger partial charge on any atom is -0.479 e. The van der Waals surface area contributed by atoms with Crippen molar-refractivity contribution >= 4 is 17.8 Å². The summed E-state index contributed by atoms with van der Waals surface area (Å²) in [5.41, 5.74) is 4.39. The van der Waals surface area contributed by atoms with Gasteiger partial charge in [0.2, 0.25) is 5.91 Å². The summed E-state index contributed by atoms with van der Waals surface area (Å²) in [4.78, 5) is 34.7. The smallest absolute Gasteiger partial charge is 0.335 e. The van der Waals surface area contributed by atoms with Gasteiger partial charge in [-0.1, -0.05) is 26.0 Å². The molecule has 0 aromatic heterocycles. The lowest BCUT2D eigenvalue weighted by Crippen LogP contribution is -2.54. The Balaban J connectivity index is 3.05. The highest BCUT2D eigenvalue weighted by Gasteiger charge is 2.38. The van der Waals surface area contributed by atoms with E-state index in [2.05, 4.69) is 5.32 Å². The number of nitrogens with one attached hydrogen (secondary N) is 1. The first-order valence-corrected chi connectivity index (χ1v) is 7.22. The van der Waals surface area contributed by atoms with E-state index in [0.717, 1.165) is 0 Å². The average molecular weight is 322 g/mol. The number of aromatic carboxylic acids is 1. The number of hydrogen-bond acceptors (Lipinski definition) is 4. The highest BCUT2D eigenvalue weighted by molar-refractivity contribution is 5.91. The lowest BCUT2D eigenvalue weighted by molar-refractivity contribution is -0.147. The number of rotatable bonds is 7. The van der Waals surface area contributed by atoms with Crippen molar-refractivity contribution in [3.63, 3.8) is 0 Å². The van der Waals surface area contributed by atoms with Gasteiger partial charge in [-0.05, 0) is 37.0 Å². The number of carboxylic acid groups (broad SMARTS) is 2. The number of carbonyl (C=O) groups is 3. The summed E-state index contributed by atoms with van der Waals surface area (Å²) in [6, 6.07) is 4.50. The zero-order chi connectivity index (χ0) is 17.8. The van der Waals surface area contributed by atoms with E-state index in [0.29, 0.717) is 6.42 Å². The second kappa shape index (κ2) is 7.23. The first-order chi connectivity index (χ1) is 10.6. The van der Waals surface area contributed by atoms with Crippen LogP contribution in [-0.2, 0) is 15.1 Å². The summed E-state index contributed by atoms with van der Waals surface area (Å²) in [5, 5.41) is 20.8. The maximum atomic E-state index is 12.2. The van der Waals surface area contributed by atoms with E-state index in [1.807, 2.05) is 13.8 Å². The van der Waals surface area contributed by atoms with Crippen LogP contribution in [0.4, 0.5) is 0 Å². The topological polar surface area (TPSA) is 130 Å². The molecule has 0 aliphatic carbocycles. The Labute approximate surface area is 134 Å². The van der Waals surface area contributed by atoms with Gasteiger partial charge >= 0.3 is 11.9 Å². The van der Waals surface area contributed by atoms with Crippen LogP contribution in [0.5, 0.6) is 0 Å². The van der Waals surface area contributed by atoms with Crippen LogP contribution in [0.3, 0.4) is 0 Å². The molecule has 0 saturated carbocycles. The summed E-state index contributed by atoms with van der Waals surface area (Å²) in [6.45, 7) is 5.16. The van der Waals surface area contributed by atoms with Gasteiger partial charge in [0.15, 0.2) is 5.54 Å². The zero-order valence-corrected chi connectivity index (χ0v) is 13.4. The third-order valence-electron chi connectivity index (χ3n) is 3.57. The van der Waals surface area contributed by atoms with Crippen LogP contribution >= 0.6 is 0 Å². The van der Waals surface area contributed by atoms with Crippen molar-refractivity contribution in [2.45, 2.75) is 38.8 Å². The van der Waals surface area contributed by atoms with Crippen molar-refractivity contribution in [3.05, 3.63) is 35.4 Å². The lowest BCUT2D eigenvalue weighted by atomic mass is 9.90. The van der Waals surface area contributed by atoms with Gasteiger partial charge in [0.1, 0.15) is 0 Å². The standard InChI is InChI=1S/C16H22N2O5/c1-9(2)8-12(17)13(19)18-16(3,15(22)23)11-6-4-10(5-7-11)14(20)21/h4-7,9,12H,8,17H2,1-3H3,(H,18,19)(H,20,21)(H,22,23)/t12-,16+/m0/s1. The molecule has 23 heavy (non-hydrogen) atoms. The van der Waals surface area contributed by atoms with E-state index >= 15 is 0 Å². The fourth-order valence-electron chi connectivity index (χ4n) is 2.15. The fraction of sp³-hybridized carbons (Fsp3) is 0.438. The quantitative estimate of drug-likeness (QED) is 0.596. The van der Waals surface area contributed by atoms with Crippen molar-refractivity contribution in [3.8, 4) is 0 Å². The van der Waals surface area contributed by atoms with Crippen LogP contribution in [0.25, 0.3) is 0 Å². The first-order valence-electron chi connectivity index (χ1n) is 7.22. The van der Waals surface area contributed by atoms with E-state index in [4.69, 9.17) is 10.8 Å². The van der Waals surface area contributed by atoms with Crippen LogP contribution in [0.2, 0.25) is 0 Å². The van der Waals surface area contributed by atoms with Gasteiger partial charge in [-0.3, -0.25) is 4.79 Å². The fourth-order valence-corrected chi connectivity index (χ4v) is 2.15. The molecular weight excluding hydrogens is 300 g/mol. The van der Waals surface area contributed by atoms with Gasteiger partial charge in [-0.25, -0.2) is 9.59 Å². The summed E-state index contributed by atoms with van der Waals surface area (Å²) >= 11 is 0. The van der Waals surface area contributed by atoms with Crippen LogP contribution in [-0.4, -0.2) is 34.1 Å². The normalized spacial score (nSPS) is 14.8. The van der Waals surface area contributed by atoms with Crippen LogP contribution in [0, 0.1) is 5.92 Å². The molecule has 0 saturated heterocycles. The minimum atomic E-state index is -1.69. The van der Waals surface area contributed by atoms with Crippen molar-refractivity contribution in [2.75, 3.05) is 0 Å². The molecule has 126 valence electrons. The van der Waals surface area contributed by atoms with Crippen LogP contribution in [0.15, 0.2) is 24.3 Å². The second-order valence-corrected chi connectivity index (χ2v) is 6.04. The van der Waals surface area contributed by atoms with E-state index in [1.54, 1.807) is 0 Å². The third-order valence-corrected chi connectivity index (χ3v) is 3.57. The Morgan fingerprint density at radius 3 is 2.09 bits per heavy atom. The lowest BCUT2D eigenvalue weighted by Gasteiger charge is -2.28. The first kappa shape index (κ1) is 18.6. The molecule has 1 amide bonds. The Kier molecular flexibility index (Phi) is 5.86. The monoisotopic (exact) mass is 322 g/mol. The highest BCUT2D eigenvalue weighted by Crippen LogP contribution is 2.22. The molecular formula is C16H22N2O5. The van der Waals surface area contributed by atoms with Crippen molar-refractivity contribution in [2.24, 2.45) is 11.7 Å². The summed E-state index contributed by atoms with van der Waals surface area (Å²) in [5.74, 6) is -2.74. The number of amides is 1. The summed E-state index contributed by atoms with van der Waals surface area (Å²) in [7, 11) is 0. The molecule has 0 aliphatic rings. The number of hydrogen-bond donors (Lipinski definition) is 4. The number of nitrogens with two attached hydrogens (primary N) is 1. The molecule has 0 heterocycles. The SMILES string of the molecule is CC(C)C[C@H](N)C(=O)N[C@@](C)(C(=O)O)c1ccc(C(=O)O)cc1. The molecule has 0 spiro atoms. The molecule has 0 fully saturated rings. The third kappa shape index (κ3) is 4.53. The Morgan fingerprint density at radius 1 is 1.17 bits per heavy atom. The molecule has 0 unspecified atom stereocenters. The number of benzene rings is 1. The van der Waals surface area contributed by atoms with Gasteiger partial charge in [0.25, 0.3) is 0 Å². The molecule has 2 atom stereocenters. The predicted molar refractivity (Wildman–Crippen MR) is 84.0 cm³/mol. The molecule has 0 aliphatic heterocycles. The highest BCUT2D eigenvalue weighted by atomic mass is 16.4.